The van der Waals surface area contributed by atoms with Crippen LogP contribution in [0, 0.1) is 41.5 Å². The van der Waals surface area contributed by atoms with E-state index in [1.54, 1.807) is 23.3 Å². The predicted octanol–water partition coefficient (Wildman–Crippen LogP) is 16.8. The first-order chi connectivity index (χ1) is 27.9. The summed E-state index contributed by atoms with van der Waals surface area (Å²) in [4.78, 5) is 0. The van der Waals surface area contributed by atoms with Crippen LogP contribution in [0.25, 0.3) is 88.0 Å². The summed E-state index contributed by atoms with van der Waals surface area (Å²) in [5.41, 5.74) is 13.0. The molecule has 0 atom stereocenters. The minimum absolute atomic E-state index is 0. The van der Waals surface area contributed by atoms with Crippen molar-refractivity contribution in [2.45, 2.75) is 54.6 Å². The molecule has 0 aliphatic rings. The number of furan rings is 2. The molecule has 0 N–H and O–H groups in total. The average Bonchev–Trinajstić information content (AvgIpc) is 4.03. The Morgan fingerprint density at radius 3 is 1.17 bits per heavy atom. The van der Waals surface area contributed by atoms with E-state index in [9.17, 15) is 0 Å². The molecule has 0 spiro atoms. The molecule has 8 aromatic carbocycles. The fraction of sp³-hybridized carbons (Fsp3) is 0.148. The second kappa shape index (κ2) is 18.9. The maximum absolute atomic E-state index is 5.86. The van der Waals surface area contributed by atoms with E-state index in [2.05, 4.69) is 174 Å². The molecule has 0 radical (unpaired) electrons. The Hall–Kier alpha value is -4.70. The molecule has 2 heterocycles. The first-order valence-corrected chi connectivity index (χ1v) is 26.2. The molecule has 0 saturated heterocycles. The molecule has 6 heteroatoms. The van der Waals surface area contributed by atoms with Gasteiger partial charge in [-0.15, -0.1) is 82.8 Å². The van der Waals surface area contributed by atoms with Gasteiger partial charge in [-0.1, -0.05) is 106 Å². The van der Waals surface area contributed by atoms with Gasteiger partial charge in [0.1, 0.15) is 0 Å². The van der Waals surface area contributed by atoms with Crippen LogP contribution < -0.4 is 0 Å². The van der Waals surface area contributed by atoms with Gasteiger partial charge in [-0.2, -0.15) is 0 Å². The van der Waals surface area contributed by atoms with Gasteiger partial charge in [0.25, 0.3) is 0 Å². The molecule has 60 heavy (non-hydrogen) atoms. The maximum atomic E-state index is 5.86. The number of aryl methyl sites for hydroxylation is 4. The Balaban J connectivity index is 0.000000179. The van der Waals surface area contributed by atoms with Gasteiger partial charge in [0.15, 0.2) is 0 Å². The van der Waals surface area contributed by atoms with Crippen LogP contribution in [-0.4, -0.2) is 5.43 Å². The Morgan fingerprint density at radius 2 is 0.817 bits per heavy atom. The van der Waals surface area contributed by atoms with Crippen LogP contribution in [0.1, 0.15) is 33.8 Å². The first kappa shape index (κ1) is 44.8. The van der Waals surface area contributed by atoms with Gasteiger partial charge in [-0.25, -0.2) is 0 Å². The van der Waals surface area contributed by atoms with Crippen molar-refractivity contribution in [2.75, 3.05) is 0 Å². The Kier molecular flexibility index (Phi) is 14.1. The zero-order valence-corrected chi connectivity index (χ0v) is 40.6. The summed E-state index contributed by atoms with van der Waals surface area (Å²) in [7, 11) is 0. The molecule has 0 saturated carbocycles. The molecule has 10 rings (SSSR count). The molecule has 2 aromatic heterocycles. The molecule has 0 bridgehead atoms. The molecular weight excluding hydrogens is 871 g/mol. The van der Waals surface area contributed by atoms with Crippen LogP contribution in [0.2, 0.25) is 13.1 Å². The molecule has 0 aliphatic heterocycles. The van der Waals surface area contributed by atoms with E-state index in [-0.39, 0.29) is 30.2 Å². The van der Waals surface area contributed by atoms with Crippen molar-refractivity contribution in [3.63, 3.8) is 0 Å². The van der Waals surface area contributed by atoms with Gasteiger partial charge in [-0.05, 0) is 122 Å². The van der Waals surface area contributed by atoms with Crippen molar-refractivity contribution in [2.24, 2.45) is 0 Å². The summed E-state index contributed by atoms with van der Waals surface area (Å²) in [5, 5.41) is 10.2. The quantitative estimate of drug-likeness (QED) is 0.130. The largest absolute Gasteiger partial charge is 0.496 e. The monoisotopic (exact) mass is 918 g/mol. The van der Waals surface area contributed by atoms with E-state index < -0.39 is 0 Å². The Bertz CT molecular complexity index is 2930. The Morgan fingerprint density at radius 1 is 0.450 bits per heavy atom. The van der Waals surface area contributed by atoms with Crippen LogP contribution in [0.15, 0.2) is 154 Å². The van der Waals surface area contributed by atoms with Gasteiger partial charge >= 0.3 is 41.9 Å². The fourth-order valence-electron chi connectivity index (χ4n) is 8.10. The van der Waals surface area contributed by atoms with Crippen molar-refractivity contribution < 1.29 is 32.2 Å². The van der Waals surface area contributed by atoms with Crippen molar-refractivity contribution in [3.05, 3.63) is 179 Å². The number of halogens is 2. The van der Waals surface area contributed by atoms with E-state index in [1.165, 1.54) is 87.6 Å². The molecule has 2 nitrogen and oxygen atoms in total. The molecule has 0 unspecified atom stereocenters. The summed E-state index contributed by atoms with van der Waals surface area (Å²) in [6, 6.07) is 52.4. The van der Waals surface area contributed by atoms with Crippen molar-refractivity contribution in [1.29, 1.82) is 0 Å². The topological polar surface area (TPSA) is 26.3 Å². The molecule has 0 fully saturated rings. The molecule has 10 aromatic rings. The maximum Gasteiger partial charge on any atom is 0.0896 e. The van der Waals surface area contributed by atoms with Crippen LogP contribution in [0.4, 0.5) is 0 Å². The molecule has 0 aliphatic carbocycles. The van der Waals surface area contributed by atoms with Crippen molar-refractivity contribution in [3.8, 4) is 44.9 Å². The third kappa shape index (κ3) is 9.29. The SMILES string of the molecule is C[Si](C)=[Zr+2].Cc1ccc(-c2cc3c(-c4ccc5ccccc5c4)c(C)c(C)cc3[cH-]2)o1.Cc1ccc(-c2cc3c(-c4ccc5ccccc5c4)c(C)c(C)cc3[cH-]2)o1.Cl.Cl. The minimum Gasteiger partial charge on any atom is -0.496 e. The smallest absolute Gasteiger partial charge is 0.0896 e. The van der Waals surface area contributed by atoms with Gasteiger partial charge in [0.2, 0.25) is 0 Å². The van der Waals surface area contributed by atoms with Crippen LogP contribution in [0.5, 0.6) is 0 Å². The predicted molar refractivity (Wildman–Crippen MR) is 261 cm³/mol. The molecule has 0 amide bonds. The standard InChI is InChI=1S/2C26H21O.C2H6Si.2ClH.Zr/c2*1-16-12-22-14-23(25-11-8-17(2)27-25)15-24(22)26(18(16)3)21-10-9-19-6-4-5-7-20(19)13-21;1-3-2;;;/h2*4-15H,1-3H3;1-2H3;2*1H;/q2*-1;;;;+2. The fourth-order valence-corrected chi connectivity index (χ4v) is 8.10. The number of fused-ring (bicyclic) bond motifs is 4. The van der Waals surface area contributed by atoms with Crippen LogP contribution in [-0.2, 0) is 23.3 Å². The summed E-state index contributed by atoms with van der Waals surface area (Å²) < 4.78 is 11.7. The summed E-state index contributed by atoms with van der Waals surface area (Å²) in [5.74, 6) is 3.75. The number of hydrogen-bond donors (Lipinski definition) is 0. The van der Waals surface area contributed by atoms with E-state index in [4.69, 9.17) is 8.83 Å². The van der Waals surface area contributed by atoms with Gasteiger partial charge < -0.3 is 8.83 Å². The average molecular weight is 921 g/mol. The molecule has 300 valence electrons. The van der Waals surface area contributed by atoms with E-state index in [0.717, 1.165) is 34.2 Å². The van der Waals surface area contributed by atoms with Crippen LogP contribution in [0.3, 0.4) is 0 Å². The third-order valence-electron chi connectivity index (χ3n) is 11.2. The summed E-state index contributed by atoms with van der Waals surface area (Å²) in [6.07, 6.45) is 0. The van der Waals surface area contributed by atoms with E-state index >= 15 is 0 Å². The van der Waals surface area contributed by atoms with E-state index in [1.807, 2.05) is 26.0 Å². The van der Waals surface area contributed by atoms with Gasteiger partial charge in [-0.3, -0.25) is 0 Å². The summed E-state index contributed by atoms with van der Waals surface area (Å²) >= 11 is 1.74. The molecular formula is C54H50Cl2O2SiZr. The number of benzene rings is 6. The Labute approximate surface area is 381 Å². The van der Waals surface area contributed by atoms with Crippen molar-refractivity contribution >= 4 is 73.3 Å². The van der Waals surface area contributed by atoms with Crippen LogP contribution >= 0.6 is 24.8 Å². The second-order valence-electron chi connectivity index (χ2n) is 15.8. The number of rotatable bonds is 4. The zero-order valence-electron chi connectivity index (χ0n) is 35.5. The van der Waals surface area contributed by atoms with E-state index in [0.29, 0.717) is 0 Å². The first-order valence-electron chi connectivity index (χ1n) is 20.0. The normalized spacial score (nSPS) is 10.8. The number of hydrogen-bond acceptors (Lipinski definition) is 2. The van der Waals surface area contributed by atoms with Gasteiger partial charge in [0, 0.05) is 0 Å². The third-order valence-corrected chi connectivity index (χ3v) is 11.2. The second-order valence-corrected chi connectivity index (χ2v) is 25.2. The zero-order chi connectivity index (χ0) is 40.7. The van der Waals surface area contributed by atoms with Gasteiger partial charge in [0.05, 0.1) is 23.0 Å². The summed E-state index contributed by atoms with van der Waals surface area (Å²) in [6.45, 7) is 17.4. The van der Waals surface area contributed by atoms with Crippen molar-refractivity contribution in [1.82, 2.24) is 0 Å². The minimum atomic E-state index is 0.